The quantitative estimate of drug-likeness (QED) is 0.259. The third-order valence-corrected chi connectivity index (χ3v) is 3.12. The van der Waals surface area contributed by atoms with Crippen molar-refractivity contribution in [3.63, 3.8) is 0 Å². The summed E-state index contributed by atoms with van der Waals surface area (Å²) in [5, 5.41) is 6.30. The molecule has 0 radical (unpaired) electrons. The van der Waals surface area contributed by atoms with Gasteiger partial charge in [0.05, 0.1) is 6.61 Å². The molecule has 5 N–H and O–H groups in total. The van der Waals surface area contributed by atoms with Gasteiger partial charge in [0.15, 0.2) is 11.5 Å². The van der Waals surface area contributed by atoms with E-state index in [9.17, 15) is 4.39 Å². The molecule has 0 heterocycles. The minimum absolute atomic E-state index is 0.0626. The molecule has 0 bridgehead atoms. The monoisotopic (exact) mass is 361 g/mol. The number of benzene rings is 2. The summed E-state index contributed by atoms with van der Waals surface area (Å²) >= 11 is 0. The van der Waals surface area contributed by atoms with Crippen LogP contribution in [0.4, 0.5) is 4.39 Å². The van der Waals surface area contributed by atoms with Crippen molar-refractivity contribution in [3.8, 4) is 17.2 Å². The van der Waals surface area contributed by atoms with Gasteiger partial charge < -0.3 is 25.7 Å². The Morgan fingerprint density at radius 2 is 1.77 bits per heavy atom. The number of guanidine groups is 1. The lowest BCUT2D eigenvalue weighted by molar-refractivity contribution is -0.456. The Hall–Kier alpha value is -3.29. The van der Waals surface area contributed by atoms with Gasteiger partial charge in [-0.2, -0.15) is 0 Å². The Kier molecular flexibility index (Phi) is 7.23. The van der Waals surface area contributed by atoms with E-state index in [0.29, 0.717) is 37.1 Å². The molecule has 138 valence electrons. The Bertz CT molecular complexity index is 760. The molecule has 0 spiro atoms. The summed E-state index contributed by atoms with van der Waals surface area (Å²) in [5.41, 5.74) is 11.3. The summed E-state index contributed by atoms with van der Waals surface area (Å²) in [6.07, 6.45) is 1.63. The molecule has 2 aromatic carbocycles. The minimum atomic E-state index is -0.304. The van der Waals surface area contributed by atoms with Crippen LogP contribution in [0.25, 0.3) is 0 Å². The molecule has 0 saturated carbocycles. The fraction of sp³-hybridized carbons (Fsp3) is 0.222. The number of halogens is 1. The van der Waals surface area contributed by atoms with E-state index in [0.717, 1.165) is 5.56 Å². The van der Waals surface area contributed by atoms with Crippen molar-refractivity contribution < 1.29 is 23.7 Å². The predicted molar refractivity (Wildman–Crippen MR) is 96.9 cm³/mol. The smallest absolute Gasteiger partial charge is 0.256 e. The van der Waals surface area contributed by atoms with Gasteiger partial charge in [0.1, 0.15) is 24.8 Å². The molecule has 2 aromatic rings. The number of hydrazone groups is 1. The fourth-order valence-corrected chi connectivity index (χ4v) is 2.03. The first-order valence-corrected chi connectivity index (χ1v) is 8.04. The third-order valence-electron chi connectivity index (χ3n) is 3.12. The van der Waals surface area contributed by atoms with E-state index < -0.39 is 0 Å². The molecule has 2 rings (SSSR count). The van der Waals surface area contributed by atoms with Gasteiger partial charge >= 0.3 is 0 Å². The Balaban J connectivity index is 1.93. The molecule has 0 aliphatic rings. The number of rotatable bonds is 9. The van der Waals surface area contributed by atoms with Crippen LogP contribution < -0.4 is 30.8 Å². The van der Waals surface area contributed by atoms with Crippen LogP contribution in [0.1, 0.15) is 12.5 Å². The van der Waals surface area contributed by atoms with Crippen LogP contribution in [-0.2, 0) is 0 Å². The van der Waals surface area contributed by atoms with E-state index in [4.69, 9.17) is 25.7 Å². The third kappa shape index (κ3) is 6.31. The zero-order chi connectivity index (χ0) is 18.8. The summed E-state index contributed by atoms with van der Waals surface area (Å²) in [6, 6.07) is 11.2. The molecule has 26 heavy (non-hydrogen) atoms. The Morgan fingerprint density at radius 1 is 1.04 bits per heavy atom. The zero-order valence-corrected chi connectivity index (χ0v) is 14.4. The van der Waals surface area contributed by atoms with Crippen LogP contribution in [0.15, 0.2) is 47.6 Å². The van der Waals surface area contributed by atoms with Crippen LogP contribution in [0.5, 0.6) is 17.2 Å². The van der Waals surface area contributed by atoms with Gasteiger partial charge in [-0.1, -0.05) is 0 Å². The van der Waals surface area contributed by atoms with Crippen molar-refractivity contribution >= 4 is 12.2 Å². The van der Waals surface area contributed by atoms with Crippen LogP contribution in [0, 0.1) is 5.82 Å². The largest absolute Gasteiger partial charge is 0.490 e. The maximum absolute atomic E-state index is 12.8. The number of ether oxygens (including phenoxy) is 3. The van der Waals surface area contributed by atoms with E-state index in [2.05, 4.69) is 10.2 Å². The van der Waals surface area contributed by atoms with E-state index in [1.54, 1.807) is 30.5 Å². The van der Waals surface area contributed by atoms with Crippen LogP contribution in [0.2, 0.25) is 0 Å². The average molecular weight is 361 g/mol. The number of nitrogens with two attached hydrogens (primary N) is 2. The highest BCUT2D eigenvalue weighted by atomic mass is 19.1. The molecular formula is C18H22FN4O3+. The second kappa shape index (κ2) is 9.87. The van der Waals surface area contributed by atoms with E-state index >= 15 is 0 Å². The highest BCUT2D eigenvalue weighted by Crippen LogP contribution is 2.27. The molecular weight excluding hydrogens is 339 g/mol. The second-order valence-electron chi connectivity index (χ2n) is 5.10. The lowest BCUT2D eigenvalue weighted by Gasteiger charge is -2.12. The molecule has 0 aliphatic heterocycles. The van der Waals surface area contributed by atoms with Crippen molar-refractivity contribution in [3.05, 3.63) is 53.8 Å². The number of nitrogens with one attached hydrogen (secondary N) is 1. The molecule has 0 amide bonds. The van der Waals surface area contributed by atoms with Gasteiger partial charge in [0.25, 0.3) is 5.96 Å². The van der Waals surface area contributed by atoms with E-state index in [1.165, 1.54) is 12.1 Å². The predicted octanol–water partition coefficient (Wildman–Crippen LogP) is 0.370. The first kappa shape index (κ1) is 19.0. The summed E-state index contributed by atoms with van der Waals surface area (Å²) < 4.78 is 29.6. The minimum Gasteiger partial charge on any atom is -0.490 e. The topological polar surface area (TPSA) is 106 Å². The van der Waals surface area contributed by atoms with Crippen LogP contribution >= 0.6 is 0 Å². The Morgan fingerprint density at radius 3 is 2.46 bits per heavy atom. The standard InChI is InChI=1S/C18H21FN4O3/c1-2-24-17-11-13(12-22-23-18(20)21)3-8-16(17)26-10-9-25-15-6-4-14(19)5-7-15/h3-8,11-12H,2,9-10H2,1H3,(H4,20,21,23)/p+1/b22-12-. The molecule has 0 aromatic heterocycles. The van der Waals surface area contributed by atoms with Crippen molar-refractivity contribution in [2.24, 2.45) is 16.6 Å². The normalized spacial score (nSPS) is 10.5. The molecule has 8 heteroatoms. The summed E-state index contributed by atoms with van der Waals surface area (Å²) in [4.78, 5) is 0. The van der Waals surface area contributed by atoms with Crippen molar-refractivity contribution in [2.45, 2.75) is 6.92 Å². The average Bonchev–Trinajstić information content (AvgIpc) is 2.61. The summed E-state index contributed by atoms with van der Waals surface area (Å²) in [5.74, 6) is 1.40. The van der Waals surface area contributed by atoms with Gasteiger partial charge in [-0.05, 0) is 49.4 Å². The summed E-state index contributed by atoms with van der Waals surface area (Å²) in [7, 11) is 0. The fourth-order valence-electron chi connectivity index (χ4n) is 2.03. The van der Waals surface area contributed by atoms with Gasteiger partial charge in [0, 0.05) is 10.7 Å². The maximum atomic E-state index is 12.8. The first-order valence-electron chi connectivity index (χ1n) is 8.04. The van der Waals surface area contributed by atoms with Gasteiger partial charge in [-0.3, -0.25) is 0 Å². The van der Waals surface area contributed by atoms with E-state index in [-0.39, 0.29) is 11.8 Å². The SMILES string of the molecule is CCOc1cc(/C=[NH+]\N=C(N)N)ccc1OCCOc1ccc(F)cc1. The molecule has 0 atom stereocenters. The summed E-state index contributed by atoms with van der Waals surface area (Å²) in [6.45, 7) is 3.01. The van der Waals surface area contributed by atoms with Gasteiger partial charge in [-0.25, -0.2) is 4.39 Å². The van der Waals surface area contributed by atoms with E-state index in [1.807, 2.05) is 13.0 Å². The zero-order valence-electron chi connectivity index (χ0n) is 14.4. The Labute approximate surface area is 151 Å². The van der Waals surface area contributed by atoms with Gasteiger partial charge in [-0.15, -0.1) is 5.10 Å². The highest BCUT2D eigenvalue weighted by Gasteiger charge is 2.07. The van der Waals surface area contributed by atoms with Crippen LogP contribution in [0.3, 0.4) is 0 Å². The highest BCUT2D eigenvalue weighted by molar-refractivity contribution is 5.78. The molecule has 0 fully saturated rings. The first-order chi connectivity index (χ1) is 12.6. The molecule has 0 unspecified atom stereocenters. The van der Waals surface area contributed by atoms with Crippen LogP contribution in [-0.4, -0.2) is 32.0 Å². The second-order valence-corrected chi connectivity index (χ2v) is 5.10. The van der Waals surface area contributed by atoms with Crippen molar-refractivity contribution in [1.29, 1.82) is 0 Å². The van der Waals surface area contributed by atoms with Gasteiger partial charge in [0.2, 0.25) is 6.21 Å². The maximum Gasteiger partial charge on any atom is 0.256 e. The molecule has 0 saturated heterocycles. The van der Waals surface area contributed by atoms with Crippen molar-refractivity contribution in [2.75, 3.05) is 19.8 Å². The lowest BCUT2D eigenvalue weighted by Crippen LogP contribution is -2.63. The molecule has 0 aliphatic carbocycles. The number of nitrogens with zero attached hydrogens (tertiary/aromatic N) is 1. The molecule has 7 nitrogen and oxygen atoms in total. The van der Waals surface area contributed by atoms with Crippen molar-refractivity contribution in [1.82, 2.24) is 0 Å². The number of hydrogen-bond acceptors (Lipinski definition) is 4. The number of hydrogen-bond donors (Lipinski definition) is 3. The lowest BCUT2D eigenvalue weighted by atomic mass is 10.2.